The zero-order valence-electron chi connectivity index (χ0n) is 12.8. The minimum Gasteiger partial charge on any atom is -0.486 e. The van der Waals surface area contributed by atoms with E-state index in [4.69, 9.17) is 9.47 Å². The fourth-order valence-corrected chi connectivity index (χ4v) is 2.63. The minimum absolute atomic E-state index is 0.254. The summed E-state index contributed by atoms with van der Waals surface area (Å²) in [6, 6.07) is 5.94. The second kappa shape index (κ2) is 5.59. The maximum Gasteiger partial charge on any atom is 0.163 e. The van der Waals surface area contributed by atoms with Gasteiger partial charge in [-0.15, -0.1) is 0 Å². The predicted molar refractivity (Wildman–Crippen MR) is 84.9 cm³/mol. The van der Waals surface area contributed by atoms with Crippen molar-refractivity contribution in [2.75, 3.05) is 18.5 Å². The summed E-state index contributed by atoms with van der Waals surface area (Å²) < 4.78 is 39.2. The van der Waals surface area contributed by atoms with E-state index in [1.165, 1.54) is 18.5 Å². The maximum absolute atomic E-state index is 14.1. The van der Waals surface area contributed by atoms with Crippen molar-refractivity contribution >= 4 is 22.4 Å². The highest BCUT2D eigenvalue weighted by Crippen LogP contribution is 2.36. The van der Waals surface area contributed by atoms with Crippen molar-refractivity contribution < 1.29 is 18.3 Å². The Morgan fingerprint density at radius 3 is 2.33 bits per heavy atom. The number of fused-ring (bicyclic) bond motifs is 2. The topological polar surface area (TPSA) is 56.3 Å². The molecule has 24 heavy (non-hydrogen) atoms. The average Bonchev–Trinajstić information content (AvgIpc) is 2.56. The third-order valence-electron chi connectivity index (χ3n) is 3.73. The highest BCUT2D eigenvalue weighted by molar-refractivity contribution is 5.93. The van der Waals surface area contributed by atoms with Crippen LogP contribution < -0.4 is 14.8 Å². The monoisotopic (exact) mass is 329 g/mol. The summed E-state index contributed by atoms with van der Waals surface area (Å²) in [6.45, 7) is 2.53. The molecule has 4 rings (SSSR count). The molecule has 0 unspecified atom stereocenters. The van der Waals surface area contributed by atoms with Gasteiger partial charge in [-0.1, -0.05) is 0 Å². The Hall–Kier alpha value is -2.96. The van der Waals surface area contributed by atoms with Crippen molar-refractivity contribution in [3.63, 3.8) is 0 Å². The maximum atomic E-state index is 14.1. The Morgan fingerprint density at radius 2 is 1.62 bits per heavy atom. The van der Waals surface area contributed by atoms with Crippen molar-refractivity contribution in [3.05, 3.63) is 47.8 Å². The number of aromatic nitrogens is 2. The molecule has 5 nitrogen and oxygen atoms in total. The fourth-order valence-electron chi connectivity index (χ4n) is 2.63. The molecule has 2 aromatic carbocycles. The van der Waals surface area contributed by atoms with Crippen LogP contribution in [0.15, 0.2) is 30.6 Å². The number of nitrogens with zero attached hydrogens (tertiary/aromatic N) is 2. The molecule has 0 bridgehead atoms. The molecular weight excluding hydrogens is 316 g/mol. The minimum atomic E-state index is -0.684. The van der Waals surface area contributed by atoms with Gasteiger partial charge in [0.15, 0.2) is 11.5 Å². The summed E-state index contributed by atoms with van der Waals surface area (Å²) >= 11 is 0. The first kappa shape index (κ1) is 14.6. The number of hydrogen-bond donors (Lipinski definition) is 1. The summed E-state index contributed by atoms with van der Waals surface area (Å²) in [5.74, 6) is 0.0646. The van der Waals surface area contributed by atoms with E-state index >= 15 is 0 Å². The van der Waals surface area contributed by atoms with E-state index in [1.54, 1.807) is 19.1 Å². The van der Waals surface area contributed by atoms with Crippen LogP contribution in [0.5, 0.6) is 11.5 Å². The molecule has 0 spiro atoms. The van der Waals surface area contributed by atoms with Gasteiger partial charge in [-0.2, -0.15) is 0 Å². The Labute approximate surface area is 136 Å². The van der Waals surface area contributed by atoms with Crippen LogP contribution in [0.4, 0.5) is 20.3 Å². The number of ether oxygens (including phenoxy) is 2. The Bertz CT molecular complexity index is 924. The molecule has 2 heterocycles. The second-order valence-electron chi connectivity index (χ2n) is 5.46. The number of hydrogen-bond acceptors (Lipinski definition) is 5. The molecular formula is C17H13F2N3O2. The van der Waals surface area contributed by atoms with Gasteiger partial charge in [-0.05, 0) is 30.7 Å². The lowest BCUT2D eigenvalue weighted by Gasteiger charge is -2.19. The van der Waals surface area contributed by atoms with Crippen LogP contribution in [0, 0.1) is 18.6 Å². The van der Waals surface area contributed by atoms with Crippen LogP contribution in [0.25, 0.3) is 10.9 Å². The van der Waals surface area contributed by atoms with E-state index in [1.807, 2.05) is 0 Å². The van der Waals surface area contributed by atoms with Gasteiger partial charge in [0.25, 0.3) is 0 Å². The number of halogens is 2. The molecule has 0 radical (unpaired) electrons. The summed E-state index contributed by atoms with van der Waals surface area (Å²) in [7, 11) is 0. The van der Waals surface area contributed by atoms with Crippen molar-refractivity contribution in [3.8, 4) is 11.5 Å². The summed E-state index contributed by atoms with van der Waals surface area (Å²) in [6.07, 6.45) is 1.32. The van der Waals surface area contributed by atoms with Gasteiger partial charge in [0.1, 0.15) is 42.7 Å². The Morgan fingerprint density at radius 1 is 0.958 bits per heavy atom. The summed E-state index contributed by atoms with van der Waals surface area (Å²) in [5, 5.41) is 3.30. The van der Waals surface area contributed by atoms with Crippen LogP contribution in [0.1, 0.15) is 5.56 Å². The van der Waals surface area contributed by atoms with Crippen LogP contribution in [-0.2, 0) is 0 Å². The second-order valence-corrected chi connectivity index (χ2v) is 5.46. The Kier molecular flexibility index (Phi) is 3.41. The first-order chi connectivity index (χ1) is 11.6. The van der Waals surface area contributed by atoms with E-state index in [2.05, 4.69) is 15.3 Å². The van der Waals surface area contributed by atoms with E-state index in [0.29, 0.717) is 47.0 Å². The van der Waals surface area contributed by atoms with Gasteiger partial charge in [-0.25, -0.2) is 18.7 Å². The lowest BCUT2D eigenvalue weighted by molar-refractivity contribution is 0.172. The third-order valence-corrected chi connectivity index (χ3v) is 3.73. The molecule has 0 fully saturated rings. The number of anilines is 2. The first-order valence-corrected chi connectivity index (χ1v) is 7.39. The largest absolute Gasteiger partial charge is 0.486 e. The van der Waals surface area contributed by atoms with Gasteiger partial charge in [-0.3, -0.25) is 0 Å². The van der Waals surface area contributed by atoms with Gasteiger partial charge < -0.3 is 14.8 Å². The van der Waals surface area contributed by atoms with E-state index in [9.17, 15) is 8.78 Å². The van der Waals surface area contributed by atoms with Crippen LogP contribution in [0.3, 0.4) is 0 Å². The number of aryl methyl sites for hydroxylation is 1. The smallest absolute Gasteiger partial charge is 0.163 e. The van der Waals surface area contributed by atoms with Gasteiger partial charge in [0, 0.05) is 11.5 Å². The van der Waals surface area contributed by atoms with Gasteiger partial charge in [0.2, 0.25) is 0 Å². The van der Waals surface area contributed by atoms with E-state index < -0.39 is 11.6 Å². The highest BCUT2D eigenvalue weighted by Gasteiger charge is 2.17. The molecule has 1 aliphatic rings. The number of benzene rings is 2. The predicted octanol–water partition coefficient (Wildman–Crippen LogP) is 3.73. The fraction of sp³-hybridized carbons (Fsp3) is 0.176. The third kappa shape index (κ3) is 2.47. The molecule has 122 valence electrons. The zero-order chi connectivity index (χ0) is 16.7. The van der Waals surface area contributed by atoms with Crippen LogP contribution in [0.2, 0.25) is 0 Å². The zero-order valence-corrected chi connectivity index (χ0v) is 12.8. The van der Waals surface area contributed by atoms with Gasteiger partial charge >= 0.3 is 0 Å². The van der Waals surface area contributed by atoms with Crippen LogP contribution in [-0.4, -0.2) is 23.2 Å². The molecule has 7 heteroatoms. The molecule has 0 saturated heterocycles. The van der Waals surface area contributed by atoms with Crippen molar-refractivity contribution in [1.82, 2.24) is 9.97 Å². The van der Waals surface area contributed by atoms with Crippen molar-refractivity contribution in [1.29, 1.82) is 0 Å². The average molecular weight is 329 g/mol. The lowest BCUT2D eigenvalue weighted by atomic mass is 10.1. The molecule has 1 aromatic heterocycles. The molecule has 0 atom stereocenters. The standard InChI is InChI=1S/C17H13F2N3O2/c1-9-4-11(18)16(12(19)5-9)22-17-10-6-14-15(24-3-2-23-14)7-13(10)20-8-21-17/h4-8H,2-3H2,1H3,(H,20,21,22). The quantitative estimate of drug-likeness (QED) is 0.776. The lowest BCUT2D eigenvalue weighted by Crippen LogP contribution is -2.15. The molecule has 1 aliphatic heterocycles. The molecule has 0 aliphatic carbocycles. The normalized spacial score (nSPS) is 13.1. The van der Waals surface area contributed by atoms with Crippen molar-refractivity contribution in [2.24, 2.45) is 0 Å². The molecule has 0 saturated carbocycles. The number of nitrogens with one attached hydrogen (secondary N) is 1. The molecule has 3 aromatic rings. The molecule has 0 amide bonds. The van der Waals surface area contributed by atoms with Crippen LogP contribution >= 0.6 is 0 Å². The Balaban J connectivity index is 1.82. The SMILES string of the molecule is Cc1cc(F)c(Nc2ncnc3cc4c(cc23)OCCO4)c(F)c1. The van der Waals surface area contributed by atoms with Gasteiger partial charge in [0.05, 0.1) is 5.52 Å². The summed E-state index contributed by atoms with van der Waals surface area (Å²) in [5.41, 5.74) is 0.836. The highest BCUT2D eigenvalue weighted by atomic mass is 19.1. The van der Waals surface area contributed by atoms with E-state index in [0.717, 1.165) is 0 Å². The van der Waals surface area contributed by atoms with Crippen molar-refractivity contribution in [2.45, 2.75) is 6.92 Å². The van der Waals surface area contributed by atoms with E-state index in [-0.39, 0.29) is 5.69 Å². The molecule has 1 N–H and O–H groups in total. The summed E-state index contributed by atoms with van der Waals surface area (Å²) in [4.78, 5) is 8.28. The first-order valence-electron chi connectivity index (χ1n) is 7.39. The number of rotatable bonds is 2.